The molecular weight excluding hydrogens is 372 g/mol. The third-order valence-electron chi connectivity index (χ3n) is 4.85. The monoisotopic (exact) mass is 394 g/mol. The van der Waals surface area contributed by atoms with Gasteiger partial charge in [-0.1, -0.05) is 37.3 Å². The molecule has 0 unspecified atom stereocenters. The maximum atomic E-state index is 12.6. The molecule has 0 aliphatic carbocycles. The van der Waals surface area contributed by atoms with E-state index in [4.69, 9.17) is 4.74 Å². The molecule has 1 atom stereocenters. The maximum absolute atomic E-state index is 12.6. The van der Waals surface area contributed by atoms with Gasteiger partial charge in [-0.15, -0.1) is 0 Å². The van der Waals surface area contributed by atoms with Gasteiger partial charge in [-0.2, -0.15) is 0 Å². The van der Waals surface area contributed by atoms with E-state index in [9.17, 15) is 19.2 Å². The van der Waals surface area contributed by atoms with Crippen LogP contribution in [0.25, 0.3) is 0 Å². The topological polar surface area (TPSA) is 92.8 Å². The van der Waals surface area contributed by atoms with Gasteiger partial charge in [-0.3, -0.25) is 19.3 Å². The van der Waals surface area contributed by atoms with Crippen LogP contribution in [0.5, 0.6) is 0 Å². The molecule has 1 aliphatic heterocycles. The van der Waals surface area contributed by atoms with Gasteiger partial charge in [0.1, 0.15) is 0 Å². The zero-order chi connectivity index (χ0) is 21.0. The van der Waals surface area contributed by atoms with E-state index in [1.165, 1.54) is 23.1 Å². The standard InChI is InChI=1S/C22H22N2O5/c1-3-14(2)24-20(26)17-10-9-16(11-18(17)21(24)27)22(28)29-13-19(25)23-12-15-7-5-4-6-8-15/h4-11,14H,3,12-13H2,1-2H3,(H,23,25)/t14-/m1/s1. The van der Waals surface area contributed by atoms with E-state index in [1.807, 2.05) is 37.3 Å². The first-order valence-corrected chi connectivity index (χ1v) is 9.42. The Morgan fingerprint density at radius 1 is 1.03 bits per heavy atom. The van der Waals surface area contributed by atoms with Gasteiger partial charge in [0.25, 0.3) is 17.7 Å². The Balaban J connectivity index is 1.60. The lowest BCUT2D eigenvalue weighted by molar-refractivity contribution is -0.124. The SMILES string of the molecule is CC[C@@H](C)N1C(=O)c2ccc(C(=O)OCC(=O)NCc3ccccc3)cc2C1=O. The summed E-state index contributed by atoms with van der Waals surface area (Å²) in [7, 11) is 0. The minimum Gasteiger partial charge on any atom is -0.452 e. The summed E-state index contributed by atoms with van der Waals surface area (Å²) in [6, 6.07) is 13.3. The number of rotatable bonds is 7. The summed E-state index contributed by atoms with van der Waals surface area (Å²) in [6.45, 7) is 3.58. The summed E-state index contributed by atoms with van der Waals surface area (Å²) < 4.78 is 5.03. The van der Waals surface area contributed by atoms with Crippen molar-refractivity contribution in [1.82, 2.24) is 10.2 Å². The Morgan fingerprint density at radius 2 is 1.72 bits per heavy atom. The van der Waals surface area contributed by atoms with Gasteiger partial charge in [0.15, 0.2) is 6.61 Å². The number of benzene rings is 2. The largest absolute Gasteiger partial charge is 0.452 e. The molecule has 7 nitrogen and oxygen atoms in total. The molecule has 0 spiro atoms. The number of imide groups is 1. The number of carbonyl (C=O) groups excluding carboxylic acids is 4. The summed E-state index contributed by atoms with van der Waals surface area (Å²) in [4.78, 5) is 50.4. The molecule has 1 aliphatic rings. The molecule has 1 heterocycles. The van der Waals surface area contributed by atoms with Crippen molar-refractivity contribution in [3.8, 4) is 0 Å². The van der Waals surface area contributed by atoms with E-state index >= 15 is 0 Å². The fraction of sp³-hybridized carbons (Fsp3) is 0.273. The highest BCUT2D eigenvalue weighted by molar-refractivity contribution is 6.22. The van der Waals surface area contributed by atoms with Crippen molar-refractivity contribution < 1.29 is 23.9 Å². The van der Waals surface area contributed by atoms with E-state index in [2.05, 4.69) is 5.32 Å². The molecule has 3 amide bonds. The minimum atomic E-state index is -0.732. The molecule has 0 fully saturated rings. The lowest BCUT2D eigenvalue weighted by atomic mass is 10.1. The van der Waals surface area contributed by atoms with E-state index < -0.39 is 24.4 Å². The van der Waals surface area contributed by atoms with Crippen LogP contribution in [0, 0.1) is 0 Å². The molecule has 1 N–H and O–H groups in total. The summed E-state index contributed by atoms with van der Waals surface area (Å²) in [6.07, 6.45) is 0.637. The Hall–Kier alpha value is -3.48. The fourth-order valence-corrected chi connectivity index (χ4v) is 3.03. The second-order valence-electron chi connectivity index (χ2n) is 6.84. The average Bonchev–Trinajstić information content (AvgIpc) is 3.00. The molecule has 0 bridgehead atoms. The van der Waals surface area contributed by atoms with Gasteiger partial charge in [0.2, 0.25) is 0 Å². The lowest BCUT2D eigenvalue weighted by Gasteiger charge is -2.20. The molecule has 0 aromatic heterocycles. The van der Waals surface area contributed by atoms with Crippen molar-refractivity contribution >= 4 is 23.7 Å². The molecule has 0 radical (unpaired) electrons. The Labute approximate surface area is 168 Å². The van der Waals surface area contributed by atoms with Crippen LogP contribution in [-0.2, 0) is 16.1 Å². The molecule has 2 aromatic carbocycles. The van der Waals surface area contributed by atoms with Crippen LogP contribution >= 0.6 is 0 Å². The van der Waals surface area contributed by atoms with Gasteiger partial charge < -0.3 is 10.1 Å². The number of nitrogens with zero attached hydrogens (tertiary/aromatic N) is 1. The zero-order valence-electron chi connectivity index (χ0n) is 16.3. The van der Waals surface area contributed by atoms with Crippen molar-refractivity contribution in [3.63, 3.8) is 0 Å². The predicted octanol–water partition coefficient (Wildman–Crippen LogP) is 2.55. The van der Waals surface area contributed by atoms with Crippen molar-refractivity contribution in [3.05, 3.63) is 70.8 Å². The molecule has 2 aromatic rings. The molecule has 29 heavy (non-hydrogen) atoms. The quantitative estimate of drug-likeness (QED) is 0.575. The third-order valence-corrected chi connectivity index (χ3v) is 4.85. The lowest BCUT2D eigenvalue weighted by Crippen LogP contribution is -2.37. The molecular formula is C22H22N2O5. The smallest absolute Gasteiger partial charge is 0.338 e. The van der Waals surface area contributed by atoms with E-state index in [1.54, 1.807) is 6.92 Å². The Kier molecular flexibility index (Phi) is 6.07. The van der Waals surface area contributed by atoms with Crippen LogP contribution in [0.2, 0.25) is 0 Å². The number of esters is 1. The fourth-order valence-electron chi connectivity index (χ4n) is 3.03. The van der Waals surface area contributed by atoms with Crippen molar-refractivity contribution in [1.29, 1.82) is 0 Å². The van der Waals surface area contributed by atoms with Crippen LogP contribution < -0.4 is 5.32 Å². The van der Waals surface area contributed by atoms with Crippen LogP contribution in [0.15, 0.2) is 48.5 Å². The number of ether oxygens (including phenoxy) is 1. The number of fused-ring (bicyclic) bond motifs is 1. The van der Waals surface area contributed by atoms with Gasteiger partial charge >= 0.3 is 5.97 Å². The molecule has 0 saturated heterocycles. The second-order valence-corrected chi connectivity index (χ2v) is 6.84. The van der Waals surface area contributed by atoms with Gasteiger partial charge in [-0.05, 0) is 37.1 Å². The van der Waals surface area contributed by atoms with Crippen molar-refractivity contribution in [2.45, 2.75) is 32.9 Å². The number of amides is 3. The van der Waals surface area contributed by atoms with Crippen LogP contribution in [0.1, 0.15) is 56.9 Å². The number of hydrogen-bond donors (Lipinski definition) is 1. The van der Waals surface area contributed by atoms with E-state index in [0.717, 1.165) is 5.56 Å². The molecule has 3 rings (SSSR count). The summed E-state index contributed by atoms with van der Waals surface area (Å²) in [5, 5.41) is 2.66. The predicted molar refractivity (Wildman–Crippen MR) is 105 cm³/mol. The molecule has 150 valence electrons. The number of nitrogens with one attached hydrogen (secondary N) is 1. The highest BCUT2D eigenvalue weighted by Crippen LogP contribution is 2.26. The van der Waals surface area contributed by atoms with Gasteiger partial charge in [-0.25, -0.2) is 4.79 Å². The second kappa shape index (κ2) is 8.68. The number of hydrogen-bond acceptors (Lipinski definition) is 5. The zero-order valence-corrected chi connectivity index (χ0v) is 16.3. The van der Waals surface area contributed by atoms with E-state index in [-0.39, 0.29) is 28.6 Å². The number of carbonyl (C=O) groups is 4. The van der Waals surface area contributed by atoms with Crippen LogP contribution in [0.4, 0.5) is 0 Å². The Bertz CT molecular complexity index is 955. The van der Waals surface area contributed by atoms with Crippen LogP contribution in [0.3, 0.4) is 0 Å². The van der Waals surface area contributed by atoms with Crippen molar-refractivity contribution in [2.24, 2.45) is 0 Å². The Morgan fingerprint density at radius 3 is 2.41 bits per heavy atom. The van der Waals surface area contributed by atoms with E-state index in [0.29, 0.717) is 13.0 Å². The maximum Gasteiger partial charge on any atom is 0.338 e. The average molecular weight is 394 g/mol. The van der Waals surface area contributed by atoms with Gasteiger partial charge in [0, 0.05) is 12.6 Å². The first-order chi connectivity index (χ1) is 13.9. The molecule has 7 heteroatoms. The van der Waals surface area contributed by atoms with Crippen LogP contribution in [-0.4, -0.2) is 41.2 Å². The summed E-state index contributed by atoms with van der Waals surface area (Å²) in [5.74, 6) is -1.95. The van der Waals surface area contributed by atoms with Crippen molar-refractivity contribution in [2.75, 3.05) is 6.61 Å². The summed E-state index contributed by atoms with van der Waals surface area (Å²) in [5.41, 5.74) is 1.50. The molecule has 0 saturated carbocycles. The highest BCUT2D eigenvalue weighted by atomic mass is 16.5. The first-order valence-electron chi connectivity index (χ1n) is 9.42. The normalized spacial score (nSPS) is 13.8. The third kappa shape index (κ3) is 4.34. The highest BCUT2D eigenvalue weighted by Gasteiger charge is 2.38. The first kappa shape index (κ1) is 20.3. The summed E-state index contributed by atoms with van der Waals surface area (Å²) >= 11 is 0. The van der Waals surface area contributed by atoms with Gasteiger partial charge in [0.05, 0.1) is 16.7 Å². The minimum absolute atomic E-state index is 0.117.